The normalized spacial score (nSPS) is 17.9. The fourth-order valence-corrected chi connectivity index (χ4v) is 2.19. The lowest BCUT2D eigenvalue weighted by Gasteiger charge is -2.30. The molecule has 88 valence electrons. The molecule has 1 aliphatic carbocycles. The van der Waals surface area contributed by atoms with Gasteiger partial charge in [0, 0.05) is 12.1 Å². The maximum absolute atomic E-state index is 5.23. The number of ether oxygens (including phenoxy) is 1. The number of hydrogen-bond acceptors (Lipinski definition) is 2. The van der Waals surface area contributed by atoms with E-state index < -0.39 is 0 Å². The average molecular weight is 219 g/mol. The highest BCUT2D eigenvalue weighted by atomic mass is 16.5. The summed E-state index contributed by atoms with van der Waals surface area (Å²) in [5.41, 5.74) is 1.35. The van der Waals surface area contributed by atoms with Gasteiger partial charge >= 0.3 is 0 Å². The standard InChI is InChI=1S/C14H21NO/c1-11(15-13-6-4-7-13)9-12-5-3-8-14(10-12)16-2/h3,5,8,10-11,13,15H,4,6-7,9H2,1-2H3. The third kappa shape index (κ3) is 2.99. The van der Waals surface area contributed by atoms with E-state index in [0.29, 0.717) is 6.04 Å². The summed E-state index contributed by atoms with van der Waals surface area (Å²) in [6.07, 6.45) is 5.17. The van der Waals surface area contributed by atoms with E-state index in [1.165, 1.54) is 24.8 Å². The molecule has 2 rings (SSSR count). The SMILES string of the molecule is COc1cccc(CC(C)NC2CCC2)c1. The molecule has 1 aromatic carbocycles. The molecular formula is C14H21NO. The summed E-state index contributed by atoms with van der Waals surface area (Å²) < 4.78 is 5.23. The maximum atomic E-state index is 5.23. The van der Waals surface area contributed by atoms with Gasteiger partial charge in [0.15, 0.2) is 0 Å². The molecule has 0 amide bonds. The summed E-state index contributed by atoms with van der Waals surface area (Å²) in [7, 11) is 1.72. The topological polar surface area (TPSA) is 21.3 Å². The lowest BCUT2D eigenvalue weighted by molar-refractivity contribution is 0.310. The number of nitrogens with one attached hydrogen (secondary N) is 1. The predicted octanol–water partition coefficient (Wildman–Crippen LogP) is 2.77. The van der Waals surface area contributed by atoms with Crippen LogP contribution in [0.15, 0.2) is 24.3 Å². The van der Waals surface area contributed by atoms with Gasteiger partial charge in [0.05, 0.1) is 7.11 Å². The van der Waals surface area contributed by atoms with E-state index in [-0.39, 0.29) is 0 Å². The van der Waals surface area contributed by atoms with Gasteiger partial charge in [0.2, 0.25) is 0 Å². The van der Waals surface area contributed by atoms with Crippen LogP contribution in [0.1, 0.15) is 31.7 Å². The van der Waals surface area contributed by atoms with Crippen LogP contribution in [0.4, 0.5) is 0 Å². The third-order valence-corrected chi connectivity index (χ3v) is 3.30. The van der Waals surface area contributed by atoms with Gasteiger partial charge in [-0.25, -0.2) is 0 Å². The second-order valence-electron chi connectivity index (χ2n) is 4.75. The minimum atomic E-state index is 0.553. The molecule has 2 heteroatoms. The Morgan fingerprint density at radius 1 is 1.44 bits per heavy atom. The van der Waals surface area contributed by atoms with Crippen LogP contribution >= 0.6 is 0 Å². The fraction of sp³-hybridized carbons (Fsp3) is 0.571. The number of benzene rings is 1. The summed E-state index contributed by atoms with van der Waals surface area (Å²) >= 11 is 0. The first-order chi connectivity index (χ1) is 7.78. The van der Waals surface area contributed by atoms with Gasteiger partial charge in [0.25, 0.3) is 0 Å². The van der Waals surface area contributed by atoms with Crippen molar-refractivity contribution in [3.8, 4) is 5.75 Å². The first-order valence-corrected chi connectivity index (χ1v) is 6.17. The Morgan fingerprint density at radius 2 is 2.25 bits per heavy atom. The van der Waals surface area contributed by atoms with Crippen molar-refractivity contribution in [1.29, 1.82) is 0 Å². The molecule has 1 unspecified atom stereocenters. The molecule has 1 aromatic rings. The molecule has 0 bridgehead atoms. The summed E-state index contributed by atoms with van der Waals surface area (Å²) in [5.74, 6) is 0.952. The van der Waals surface area contributed by atoms with Crippen LogP contribution in [0, 0.1) is 0 Å². The lowest BCUT2D eigenvalue weighted by Crippen LogP contribution is -2.41. The van der Waals surface area contributed by atoms with Crippen molar-refractivity contribution in [3.63, 3.8) is 0 Å². The first kappa shape index (κ1) is 11.5. The molecule has 0 saturated heterocycles. The van der Waals surface area contributed by atoms with Crippen LogP contribution in [0.5, 0.6) is 5.75 Å². The molecule has 16 heavy (non-hydrogen) atoms. The summed E-state index contributed by atoms with van der Waals surface area (Å²) in [6, 6.07) is 9.66. The van der Waals surface area contributed by atoms with Crippen molar-refractivity contribution in [2.24, 2.45) is 0 Å². The second kappa shape index (κ2) is 5.35. The molecule has 1 fully saturated rings. The molecule has 0 heterocycles. The Bertz CT molecular complexity index is 333. The van der Waals surface area contributed by atoms with Crippen LogP contribution in [0.25, 0.3) is 0 Å². The van der Waals surface area contributed by atoms with Gasteiger partial charge in [0.1, 0.15) is 5.75 Å². The van der Waals surface area contributed by atoms with Gasteiger partial charge in [-0.3, -0.25) is 0 Å². The Balaban J connectivity index is 1.86. The minimum absolute atomic E-state index is 0.553. The van der Waals surface area contributed by atoms with E-state index in [9.17, 15) is 0 Å². The quantitative estimate of drug-likeness (QED) is 0.822. The highest BCUT2D eigenvalue weighted by Gasteiger charge is 2.18. The van der Waals surface area contributed by atoms with Crippen molar-refractivity contribution in [2.45, 2.75) is 44.7 Å². The zero-order valence-corrected chi connectivity index (χ0v) is 10.2. The smallest absolute Gasteiger partial charge is 0.119 e. The van der Waals surface area contributed by atoms with Crippen LogP contribution in [-0.4, -0.2) is 19.2 Å². The lowest BCUT2D eigenvalue weighted by atomic mass is 9.92. The van der Waals surface area contributed by atoms with E-state index in [1.807, 2.05) is 6.07 Å². The Hall–Kier alpha value is -1.02. The molecule has 0 spiro atoms. The first-order valence-electron chi connectivity index (χ1n) is 6.17. The minimum Gasteiger partial charge on any atom is -0.497 e. The molecule has 1 atom stereocenters. The molecule has 0 radical (unpaired) electrons. The second-order valence-corrected chi connectivity index (χ2v) is 4.75. The third-order valence-electron chi connectivity index (χ3n) is 3.30. The number of methoxy groups -OCH3 is 1. The van der Waals surface area contributed by atoms with Gasteiger partial charge in [-0.15, -0.1) is 0 Å². The van der Waals surface area contributed by atoms with Crippen LogP contribution in [-0.2, 0) is 6.42 Å². The monoisotopic (exact) mass is 219 g/mol. The van der Waals surface area contributed by atoms with Gasteiger partial charge in [-0.2, -0.15) is 0 Å². The Morgan fingerprint density at radius 3 is 2.88 bits per heavy atom. The van der Waals surface area contributed by atoms with E-state index in [0.717, 1.165) is 18.2 Å². The molecule has 1 saturated carbocycles. The fourth-order valence-electron chi connectivity index (χ4n) is 2.19. The van der Waals surface area contributed by atoms with E-state index >= 15 is 0 Å². The molecule has 1 aliphatic rings. The largest absolute Gasteiger partial charge is 0.497 e. The Kier molecular flexibility index (Phi) is 3.83. The summed E-state index contributed by atoms with van der Waals surface area (Å²) in [4.78, 5) is 0. The molecular weight excluding hydrogens is 198 g/mol. The van der Waals surface area contributed by atoms with Crippen molar-refractivity contribution < 1.29 is 4.74 Å². The Labute approximate surface area is 98.0 Å². The van der Waals surface area contributed by atoms with Gasteiger partial charge in [-0.05, 0) is 43.9 Å². The van der Waals surface area contributed by atoms with Crippen molar-refractivity contribution in [3.05, 3.63) is 29.8 Å². The summed E-state index contributed by atoms with van der Waals surface area (Å²) in [6.45, 7) is 2.26. The zero-order chi connectivity index (χ0) is 11.4. The van der Waals surface area contributed by atoms with E-state index in [2.05, 4.69) is 30.4 Å². The van der Waals surface area contributed by atoms with E-state index in [4.69, 9.17) is 4.74 Å². The van der Waals surface area contributed by atoms with Crippen LogP contribution in [0.3, 0.4) is 0 Å². The molecule has 0 aliphatic heterocycles. The van der Waals surface area contributed by atoms with Crippen LogP contribution in [0.2, 0.25) is 0 Å². The number of hydrogen-bond donors (Lipinski definition) is 1. The van der Waals surface area contributed by atoms with E-state index in [1.54, 1.807) is 7.11 Å². The average Bonchev–Trinajstić information content (AvgIpc) is 2.24. The van der Waals surface area contributed by atoms with Crippen molar-refractivity contribution in [1.82, 2.24) is 5.32 Å². The highest BCUT2D eigenvalue weighted by molar-refractivity contribution is 5.28. The maximum Gasteiger partial charge on any atom is 0.119 e. The summed E-state index contributed by atoms with van der Waals surface area (Å²) in [5, 5.41) is 3.66. The molecule has 1 N–H and O–H groups in total. The van der Waals surface area contributed by atoms with Crippen molar-refractivity contribution >= 4 is 0 Å². The van der Waals surface area contributed by atoms with Gasteiger partial charge in [-0.1, -0.05) is 18.6 Å². The predicted molar refractivity (Wildman–Crippen MR) is 66.9 cm³/mol. The van der Waals surface area contributed by atoms with Gasteiger partial charge < -0.3 is 10.1 Å². The highest BCUT2D eigenvalue weighted by Crippen LogP contribution is 2.20. The van der Waals surface area contributed by atoms with Crippen LogP contribution < -0.4 is 10.1 Å². The zero-order valence-electron chi connectivity index (χ0n) is 10.2. The number of rotatable bonds is 5. The van der Waals surface area contributed by atoms with Crippen molar-refractivity contribution in [2.75, 3.05) is 7.11 Å². The molecule has 2 nitrogen and oxygen atoms in total. The molecule has 0 aromatic heterocycles.